The van der Waals surface area contributed by atoms with Crippen molar-refractivity contribution in [1.82, 2.24) is 10.2 Å². The standard InChI is InChI=1S/C26H36FN3O5S/c1-6-23(26(32)28-19(2)3)29(18-20-11-9-12-21(17-20)35-4)25(31)15-10-16-30(36(5,33)34)24-14-8-7-13-22(24)27/h7-9,11-14,17,19,23H,6,10,15-16,18H2,1-5H3,(H,28,32)/t23-/m1/s1. The van der Waals surface area contributed by atoms with Crippen LogP contribution in [-0.2, 0) is 26.2 Å². The summed E-state index contributed by atoms with van der Waals surface area (Å²) in [6.45, 7) is 5.64. The minimum Gasteiger partial charge on any atom is -0.497 e. The van der Waals surface area contributed by atoms with E-state index < -0.39 is 21.9 Å². The van der Waals surface area contributed by atoms with Crippen molar-refractivity contribution in [3.63, 3.8) is 0 Å². The number of carbonyl (C=O) groups is 2. The lowest BCUT2D eigenvalue weighted by atomic mass is 10.1. The molecular weight excluding hydrogens is 485 g/mol. The maximum atomic E-state index is 14.3. The molecule has 0 aliphatic heterocycles. The molecule has 1 atom stereocenters. The van der Waals surface area contributed by atoms with Gasteiger partial charge in [-0.25, -0.2) is 12.8 Å². The van der Waals surface area contributed by atoms with Crippen LogP contribution in [0.15, 0.2) is 48.5 Å². The van der Waals surface area contributed by atoms with E-state index >= 15 is 0 Å². The van der Waals surface area contributed by atoms with E-state index in [0.717, 1.165) is 16.1 Å². The van der Waals surface area contributed by atoms with Crippen molar-refractivity contribution in [2.45, 2.75) is 58.7 Å². The van der Waals surface area contributed by atoms with Gasteiger partial charge in [-0.1, -0.05) is 31.2 Å². The van der Waals surface area contributed by atoms with Crippen LogP contribution in [0.4, 0.5) is 10.1 Å². The van der Waals surface area contributed by atoms with Crippen LogP contribution in [0.1, 0.15) is 45.6 Å². The number of amides is 2. The summed E-state index contributed by atoms with van der Waals surface area (Å²) in [5.74, 6) is -0.586. The SMILES string of the molecule is CC[C@H](C(=O)NC(C)C)N(Cc1cccc(OC)c1)C(=O)CCCN(c1ccccc1F)S(C)(=O)=O. The molecular formula is C26H36FN3O5S. The van der Waals surface area contributed by atoms with E-state index in [-0.39, 0.29) is 49.5 Å². The summed E-state index contributed by atoms with van der Waals surface area (Å²) in [5, 5.41) is 2.87. The topological polar surface area (TPSA) is 96.0 Å². The number of ether oxygens (including phenoxy) is 1. The fourth-order valence-electron chi connectivity index (χ4n) is 3.90. The van der Waals surface area contributed by atoms with E-state index in [2.05, 4.69) is 5.32 Å². The summed E-state index contributed by atoms with van der Waals surface area (Å²) in [6, 6.07) is 12.1. The number of nitrogens with zero attached hydrogens (tertiary/aromatic N) is 2. The number of methoxy groups -OCH3 is 1. The van der Waals surface area contributed by atoms with Gasteiger partial charge in [0.05, 0.1) is 19.1 Å². The highest BCUT2D eigenvalue weighted by molar-refractivity contribution is 7.92. The second-order valence-corrected chi connectivity index (χ2v) is 10.8. The predicted octanol–water partition coefficient (Wildman–Crippen LogP) is 3.71. The Morgan fingerprint density at radius 1 is 1.11 bits per heavy atom. The van der Waals surface area contributed by atoms with Gasteiger partial charge in [0.25, 0.3) is 0 Å². The summed E-state index contributed by atoms with van der Waals surface area (Å²) in [6.07, 6.45) is 1.53. The Morgan fingerprint density at radius 2 is 1.81 bits per heavy atom. The highest BCUT2D eigenvalue weighted by atomic mass is 32.2. The van der Waals surface area contributed by atoms with Crippen molar-refractivity contribution < 1.29 is 27.1 Å². The van der Waals surface area contributed by atoms with Crippen molar-refractivity contribution >= 4 is 27.5 Å². The molecule has 0 aliphatic rings. The Balaban J connectivity index is 2.25. The molecule has 2 aromatic rings. The number of carbonyl (C=O) groups excluding carboxylic acids is 2. The summed E-state index contributed by atoms with van der Waals surface area (Å²) in [5.41, 5.74) is 0.728. The number of para-hydroxylation sites is 1. The molecule has 0 unspecified atom stereocenters. The van der Waals surface area contributed by atoms with Gasteiger partial charge in [-0.05, 0) is 56.5 Å². The number of halogens is 1. The van der Waals surface area contributed by atoms with Gasteiger partial charge < -0.3 is 15.0 Å². The molecule has 0 aromatic heterocycles. The molecule has 2 amide bonds. The Morgan fingerprint density at radius 3 is 2.39 bits per heavy atom. The lowest BCUT2D eigenvalue weighted by Crippen LogP contribution is -2.50. The van der Waals surface area contributed by atoms with Crippen LogP contribution in [-0.4, -0.2) is 57.1 Å². The zero-order valence-electron chi connectivity index (χ0n) is 21.5. The minimum absolute atomic E-state index is 0.0180. The van der Waals surface area contributed by atoms with Crippen LogP contribution in [0.25, 0.3) is 0 Å². The molecule has 2 rings (SSSR count). The van der Waals surface area contributed by atoms with Crippen LogP contribution in [0.5, 0.6) is 5.75 Å². The first-order chi connectivity index (χ1) is 17.0. The lowest BCUT2D eigenvalue weighted by Gasteiger charge is -2.31. The van der Waals surface area contributed by atoms with Crippen LogP contribution in [0.3, 0.4) is 0 Å². The molecule has 0 fully saturated rings. The Kier molecular flexibility index (Phi) is 10.7. The molecule has 10 heteroatoms. The number of anilines is 1. The number of nitrogens with one attached hydrogen (secondary N) is 1. The first-order valence-corrected chi connectivity index (χ1v) is 13.8. The minimum atomic E-state index is -3.77. The third-order valence-corrected chi connectivity index (χ3v) is 6.76. The smallest absolute Gasteiger partial charge is 0.243 e. The number of rotatable bonds is 13. The Labute approximate surface area is 213 Å². The Hall–Kier alpha value is -3.14. The van der Waals surface area contributed by atoms with E-state index in [1.807, 2.05) is 32.9 Å². The number of hydrogen-bond donors (Lipinski definition) is 1. The molecule has 0 saturated heterocycles. The third-order valence-electron chi connectivity index (χ3n) is 5.58. The van der Waals surface area contributed by atoms with E-state index in [4.69, 9.17) is 4.74 Å². The average molecular weight is 522 g/mol. The van der Waals surface area contributed by atoms with Crippen molar-refractivity contribution in [2.24, 2.45) is 0 Å². The molecule has 0 heterocycles. The zero-order chi connectivity index (χ0) is 26.9. The first-order valence-electron chi connectivity index (χ1n) is 11.9. The molecule has 0 saturated carbocycles. The molecule has 0 aliphatic carbocycles. The van der Waals surface area contributed by atoms with E-state index in [9.17, 15) is 22.4 Å². The summed E-state index contributed by atoms with van der Waals surface area (Å²) >= 11 is 0. The van der Waals surface area contributed by atoms with Crippen LogP contribution in [0, 0.1) is 5.82 Å². The van der Waals surface area contributed by atoms with E-state index in [1.165, 1.54) is 23.1 Å². The van der Waals surface area contributed by atoms with Gasteiger partial charge >= 0.3 is 0 Å². The zero-order valence-corrected chi connectivity index (χ0v) is 22.3. The number of hydrogen-bond acceptors (Lipinski definition) is 5. The largest absolute Gasteiger partial charge is 0.497 e. The maximum absolute atomic E-state index is 14.3. The quantitative estimate of drug-likeness (QED) is 0.434. The van der Waals surface area contributed by atoms with E-state index in [0.29, 0.717) is 12.2 Å². The van der Waals surface area contributed by atoms with E-state index in [1.54, 1.807) is 25.3 Å². The molecule has 0 bridgehead atoms. The maximum Gasteiger partial charge on any atom is 0.243 e. The summed E-state index contributed by atoms with van der Waals surface area (Å²) < 4.78 is 45.2. The molecule has 198 valence electrons. The Bertz CT molecular complexity index is 1140. The van der Waals surface area contributed by atoms with Crippen molar-refractivity contribution in [1.29, 1.82) is 0 Å². The van der Waals surface area contributed by atoms with Gasteiger partial charge in [0.2, 0.25) is 21.8 Å². The van der Waals surface area contributed by atoms with Gasteiger partial charge in [0, 0.05) is 25.6 Å². The number of benzene rings is 2. The highest BCUT2D eigenvalue weighted by Gasteiger charge is 2.29. The molecule has 36 heavy (non-hydrogen) atoms. The highest BCUT2D eigenvalue weighted by Crippen LogP contribution is 2.23. The first kappa shape index (κ1) is 29.1. The second kappa shape index (κ2) is 13.2. The normalized spacial score (nSPS) is 12.2. The lowest BCUT2D eigenvalue weighted by molar-refractivity contribution is -0.141. The average Bonchev–Trinajstić information content (AvgIpc) is 2.81. The summed E-state index contributed by atoms with van der Waals surface area (Å²) in [7, 11) is -2.22. The van der Waals surface area contributed by atoms with Gasteiger partial charge in [-0.2, -0.15) is 0 Å². The fourth-order valence-corrected chi connectivity index (χ4v) is 4.87. The van der Waals surface area contributed by atoms with Crippen LogP contribution < -0.4 is 14.4 Å². The van der Waals surface area contributed by atoms with Gasteiger partial charge in [-0.15, -0.1) is 0 Å². The molecule has 8 nitrogen and oxygen atoms in total. The fraction of sp³-hybridized carbons (Fsp3) is 0.462. The number of sulfonamides is 1. The molecule has 2 aromatic carbocycles. The van der Waals surface area contributed by atoms with Crippen LogP contribution in [0.2, 0.25) is 0 Å². The van der Waals surface area contributed by atoms with Gasteiger partial charge in [0.1, 0.15) is 17.6 Å². The van der Waals surface area contributed by atoms with Gasteiger partial charge in [-0.3, -0.25) is 13.9 Å². The third kappa shape index (κ3) is 8.22. The molecule has 1 N–H and O–H groups in total. The van der Waals surface area contributed by atoms with Crippen molar-refractivity contribution in [2.75, 3.05) is 24.2 Å². The van der Waals surface area contributed by atoms with Crippen molar-refractivity contribution in [3.05, 3.63) is 59.9 Å². The predicted molar refractivity (Wildman–Crippen MR) is 139 cm³/mol. The van der Waals surface area contributed by atoms with Crippen LogP contribution >= 0.6 is 0 Å². The molecule has 0 spiro atoms. The monoisotopic (exact) mass is 521 g/mol. The summed E-state index contributed by atoms with van der Waals surface area (Å²) in [4.78, 5) is 27.8. The second-order valence-electron chi connectivity index (χ2n) is 8.85. The molecule has 0 radical (unpaired) electrons. The van der Waals surface area contributed by atoms with Crippen molar-refractivity contribution in [3.8, 4) is 5.75 Å². The van der Waals surface area contributed by atoms with Gasteiger partial charge in [0.15, 0.2) is 0 Å².